The number of phenolic OH excluding ortho intramolecular Hbond substituents is 1. The molecule has 2 aromatic rings. The van der Waals surface area contributed by atoms with Crippen molar-refractivity contribution in [3.8, 4) is 5.75 Å². The SMILES string of the molecule is CCC(NCc1cnc(C)cn1)c1cc(Br)ccc1O. The minimum atomic E-state index is 0.0793. The molecule has 0 saturated heterocycles. The van der Waals surface area contributed by atoms with Gasteiger partial charge in [-0.25, -0.2) is 0 Å². The van der Waals surface area contributed by atoms with Crippen LogP contribution in [0.1, 0.15) is 36.3 Å². The second-order valence-electron chi connectivity index (χ2n) is 4.69. The zero-order valence-electron chi connectivity index (χ0n) is 11.6. The summed E-state index contributed by atoms with van der Waals surface area (Å²) in [6, 6.07) is 5.56. The Morgan fingerprint density at radius 1 is 1.30 bits per heavy atom. The molecule has 0 aliphatic heterocycles. The van der Waals surface area contributed by atoms with Crippen LogP contribution in [0.4, 0.5) is 0 Å². The molecule has 0 spiro atoms. The monoisotopic (exact) mass is 335 g/mol. The number of rotatable bonds is 5. The predicted octanol–water partition coefficient (Wildman–Crippen LogP) is 3.49. The predicted molar refractivity (Wildman–Crippen MR) is 82.4 cm³/mol. The highest BCUT2D eigenvalue weighted by Crippen LogP contribution is 2.29. The van der Waals surface area contributed by atoms with Gasteiger partial charge in [0, 0.05) is 35.0 Å². The molecule has 0 saturated carbocycles. The average molecular weight is 336 g/mol. The minimum Gasteiger partial charge on any atom is -0.508 e. The number of aryl methyl sites for hydroxylation is 1. The quantitative estimate of drug-likeness (QED) is 0.877. The lowest BCUT2D eigenvalue weighted by atomic mass is 10.0. The van der Waals surface area contributed by atoms with Crippen LogP contribution in [0.15, 0.2) is 35.1 Å². The van der Waals surface area contributed by atoms with Crippen molar-refractivity contribution >= 4 is 15.9 Å². The highest BCUT2D eigenvalue weighted by molar-refractivity contribution is 9.10. The van der Waals surface area contributed by atoms with Crippen molar-refractivity contribution in [3.05, 3.63) is 52.0 Å². The molecular formula is C15H18BrN3O. The number of hydrogen-bond donors (Lipinski definition) is 2. The van der Waals surface area contributed by atoms with Crippen LogP contribution >= 0.6 is 15.9 Å². The molecule has 0 bridgehead atoms. The van der Waals surface area contributed by atoms with Crippen LogP contribution in [0.2, 0.25) is 0 Å². The molecule has 2 N–H and O–H groups in total. The number of nitrogens with zero attached hydrogens (tertiary/aromatic N) is 2. The fourth-order valence-corrected chi connectivity index (χ4v) is 2.40. The fraction of sp³-hybridized carbons (Fsp3) is 0.333. The topological polar surface area (TPSA) is 58.0 Å². The second-order valence-corrected chi connectivity index (χ2v) is 5.61. The van der Waals surface area contributed by atoms with E-state index in [1.807, 2.05) is 19.1 Å². The van der Waals surface area contributed by atoms with Gasteiger partial charge in [0.1, 0.15) is 5.75 Å². The molecule has 0 aliphatic carbocycles. The third-order valence-electron chi connectivity index (χ3n) is 3.14. The van der Waals surface area contributed by atoms with Gasteiger partial charge in [-0.2, -0.15) is 0 Å². The van der Waals surface area contributed by atoms with Crippen molar-refractivity contribution in [1.82, 2.24) is 15.3 Å². The van der Waals surface area contributed by atoms with Gasteiger partial charge in [-0.15, -0.1) is 0 Å². The average Bonchev–Trinajstić information content (AvgIpc) is 2.45. The Balaban J connectivity index is 2.09. The van der Waals surface area contributed by atoms with E-state index in [0.29, 0.717) is 12.3 Å². The Hall–Kier alpha value is -1.46. The van der Waals surface area contributed by atoms with Crippen molar-refractivity contribution in [3.63, 3.8) is 0 Å². The first kappa shape index (κ1) is 14.9. The summed E-state index contributed by atoms with van der Waals surface area (Å²) in [6.07, 6.45) is 4.41. The Morgan fingerprint density at radius 3 is 2.75 bits per heavy atom. The summed E-state index contributed by atoms with van der Waals surface area (Å²) in [6.45, 7) is 4.62. The normalized spacial score (nSPS) is 12.3. The van der Waals surface area contributed by atoms with Crippen LogP contribution in [0, 0.1) is 6.92 Å². The molecule has 1 unspecified atom stereocenters. The van der Waals surface area contributed by atoms with Gasteiger partial charge in [-0.05, 0) is 31.5 Å². The summed E-state index contributed by atoms with van der Waals surface area (Å²) in [5.41, 5.74) is 2.69. The highest BCUT2D eigenvalue weighted by Gasteiger charge is 2.13. The highest BCUT2D eigenvalue weighted by atomic mass is 79.9. The van der Waals surface area contributed by atoms with Crippen LogP contribution in [0.25, 0.3) is 0 Å². The van der Waals surface area contributed by atoms with Gasteiger partial charge in [-0.3, -0.25) is 9.97 Å². The van der Waals surface area contributed by atoms with E-state index in [4.69, 9.17) is 0 Å². The molecule has 5 heteroatoms. The molecule has 0 radical (unpaired) electrons. The van der Waals surface area contributed by atoms with Gasteiger partial charge in [0.25, 0.3) is 0 Å². The second kappa shape index (κ2) is 6.81. The summed E-state index contributed by atoms with van der Waals surface area (Å²) in [5.74, 6) is 0.308. The molecule has 1 heterocycles. The number of halogens is 1. The Morgan fingerprint density at radius 2 is 2.10 bits per heavy atom. The Bertz CT molecular complexity index is 572. The molecule has 20 heavy (non-hydrogen) atoms. The lowest BCUT2D eigenvalue weighted by Gasteiger charge is -2.18. The van der Waals surface area contributed by atoms with E-state index in [2.05, 4.69) is 38.1 Å². The summed E-state index contributed by atoms with van der Waals surface area (Å²) >= 11 is 3.44. The summed E-state index contributed by atoms with van der Waals surface area (Å²) in [7, 11) is 0. The van der Waals surface area contributed by atoms with E-state index in [-0.39, 0.29) is 6.04 Å². The molecule has 4 nitrogen and oxygen atoms in total. The first-order valence-corrected chi connectivity index (χ1v) is 7.38. The van der Waals surface area contributed by atoms with Crippen LogP contribution in [-0.2, 0) is 6.54 Å². The van der Waals surface area contributed by atoms with Gasteiger partial charge in [0.2, 0.25) is 0 Å². The number of benzene rings is 1. The minimum absolute atomic E-state index is 0.0793. The van der Waals surface area contributed by atoms with Crippen molar-refractivity contribution in [2.24, 2.45) is 0 Å². The molecule has 0 aliphatic rings. The van der Waals surface area contributed by atoms with Crippen LogP contribution in [0.3, 0.4) is 0 Å². The van der Waals surface area contributed by atoms with Gasteiger partial charge < -0.3 is 10.4 Å². The Labute approximate surface area is 127 Å². The van der Waals surface area contributed by atoms with Gasteiger partial charge in [0.15, 0.2) is 0 Å². The van der Waals surface area contributed by atoms with Crippen molar-refractivity contribution < 1.29 is 5.11 Å². The number of hydrogen-bond acceptors (Lipinski definition) is 4. The van der Waals surface area contributed by atoms with E-state index in [1.54, 1.807) is 18.5 Å². The van der Waals surface area contributed by atoms with E-state index < -0.39 is 0 Å². The van der Waals surface area contributed by atoms with Gasteiger partial charge in [-0.1, -0.05) is 22.9 Å². The smallest absolute Gasteiger partial charge is 0.120 e. The van der Waals surface area contributed by atoms with Crippen LogP contribution in [0.5, 0.6) is 5.75 Å². The van der Waals surface area contributed by atoms with Gasteiger partial charge in [0.05, 0.1) is 11.4 Å². The van der Waals surface area contributed by atoms with E-state index >= 15 is 0 Å². The summed E-state index contributed by atoms with van der Waals surface area (Å²) < 4.78 is 0.959. The number of aromatic nitrogens is 2. The molecule has 0 fully saturated rings. The van der Waals surface area contributed by atoms with E-state index in [1.165, 1.54) is 0 Å². The first-order valence-electron chi connectivity index (χ1n) is 6.59. The third kappa shape index (κ3) is 3.77. The number of phenols is 1. The maximum Gasteiger partial charge on any atom is 0.120 e. The Kier molecular flexibility index (Phi) is 5.09. The van der Waals surface area contributed by atoms with Crippen LogP contribution < -0.4 is 5.32 Å². The summed E-state index contributed by atoms with van der Waals surface area (Å²) in [4.78, 5) is 8.55. The lowest BCUT2D eigenvalue weighted by molar-refractivity contribution is 0.439. The van der Waals surface area contributed by atoms with E-state index in [0.717, 1.165) is 27.8 Å². The maximum absolute atomic E-state index is 9.98. The van der Waals surface area contributed by atoms with Gasteiger partial charge >= 0.3 is 0 Å². The zero-order chi connectivity index (χ0) is 14.5. The molecular weight excluding hydrogens is 318 g/mol. The van der Waals surface area contributed by atoms with Crippen molar-refractivity contribution in [2.45, 2.75) is 32.9 Å². The molecule has 0 amide bonds. The molecule has 1 aromatic carbocycles. The lowest BCUT2D eigenvalue weighted by Crippen LogP contribution is -2.21. The first-order chi connectivity index (χ1) is 9.60. The molecule has 1 aromatic heterocycles. The van der Waals surface area contributed by atoms with Crippen molar-refractivity contribution in [2.75, 3.05) is 0 Å². The molecule has 2 rings (SSSR count). The largest absolute Gasteiger partial charge is 0.508 e. The maximum atomic E-state index is 9.98. The standard InChI is InChI=1S/C15H18BrN3O/c1-3-14(13-6-11(16)4-5-15(13)20)19-9-12-8-17-10(2)7-18-12/h4-8,14,19-20H,3,9H2,1-2H3. The third-order valence-corrected chi connectivity index (χ3v) is 3.63. The van der Waals surface area contributed by atoms with Crippen LogP contribution in [-0.4, -0.2) is 15.1 Å². The van der Waals surface area contributed by atoms with Crippen molar-refractivity contribution in [1.29, 1.82) is 0 Å². The summed E-state index contributed by atoms with van der Waals surface area (Å²) in [5, 5.41) is 13.4. The number of aromatic hydroxyl groups is 1. The zero-order valence-corrected chi connectivity index (χ0v) is 13.2. The fourth-order valence-electron chi connectivity index (χ4n) is 2.02. The van der Waals surface area contributed by atoms with E-state index in [9.17, 15) is 5.11 Å². The molecule has 106 valence electrons. The molecule has 1 atom stereocenters. The number of nitrogens with one attached hydrogen (secondary N) is 1.